The number of rotatable bonds is 9. The van der Waals surface area contributed by atoms with Crippen LogP contribution in [-0.4, -0.2) is 35.5 Å². The topological polar surface area (TPSA) is 88.4 Å². The van der Waals surface area contributed by atoms with Gasteiger partial charge in [0.1, 0.15) is 0 Å². The molecule has 0 aliphatic carbocycles. The molecule has 0 spiro atoms. The number of thioether (sulfide) groups is 1. The number of nitrogens with zero attached hydrogens (tertiary/aromatic N) is 3. The predicted molar refractivity (Wildman–Crippen MR) is 136 cm³/mol. The van der Waals surface area contributed by atoms with Crippen LogP contribution < -0.4 is 24.6 Å². The summed E-state index contributed by atoms with van der Waals surface area (Å²) in [6.45, 7) is 6.03. The maximum absolute atomic E-state index is 13.4. The van der Waals surface area contributed by atoms with Gasteiger partial charge in [0, 0.05) is 17.8 Å². The van der Waals surface area contributed by atoms with E-state index in [0.29, 0.717) is 45.8 Å². The molecule has 1 aliphatic heterocycles. The van der Waals surface area contributed by atoms with Crippen molar-refractivity contribution in [3.63, 3.8) is 0 Å². The van der Waals surface area contributed by atoms with Crippen molar-refractivity contribution in [1.82, 2.24) is 10.1 Å². The number of aromatic nitrogens is 3. The van der Waals surface area contributed by atoms with Gasteiger partial charge in [0.25, 0.3) is 6.17 Å². The third-order valence-corrected chi connectivity index (χ3v) is 6.83. The smallest absolute Gasteiger partial charge is 0.325 e. The lowest BCUT2D eigenvalue weighted by Crippen LogP contribution is -2.60. The van der Waals surface area contributed by atoms with Gasteiger partial charge >= 0.3 is 11.3 Å². The molecule has 0 saturated carbocycles. The minimum absolute atomic E-state index is 0.177. The summed E-state index contributed by atoms with van der Waals surface area (Å²) >= 11 is 1.51. The lowest BCUT2D eigenvalue weighted by Gasteiger charge is -2.32. The van der Waals surface area contributed by atoms with E-state index < -0.39 is 6.17 Å². The van der Waals surface area contributed by atoms with E-state index in [1.165, 1.54) is 18.7 Å². The van der Waals surface area contributed by atoms with E-state index in [2.05, 4.69) is 11.9 Å². The number of benzene rings is 2. The highest BCUT2D eigenvalue weighted by Crippen LogP contribution is 2.42. The van der Waals surface area contributed by atoms with Gasteiger partial charge in [-0.25, -0.2) is 4.90 Å². The maximum Gasteiger partial charge on any atom is 0.325 e. The van der Waals surface area contributed by atoms with Crippen molar-refractivity contribution in [3.8, 4) is 22.8 Å². The highest BCUT2D eigenvalue weighted by molar-refractivity contribution is 7.99. The summed E-state index contributed by atoms with van der Waals surface area (Å²) in [7, 11) is 1.57. The molecular weight excluding hydrogens is 464 g/mol. The van der Waals surface area contributed by atoms with E-state index in [1.54, 1.807) is 16.7 Å². The number of unbranched alkanes of at least 4 members (excludes halogenated alkanes) is 2. The second-order valence-electron chi connectivity index (χ2n) is 8.20. The van der Waals surface area contributed by atoms with Gasteiger partial charge in [0.15, 0.2) is 11.5 Å². The summed E-state index contributed by atoms with van der Waals surface area (Å²) < 4.78 is 13.2. The molecule has 0 bridgehead atoms. The molecule has 0 radical (unpaired) electrons. The molecule has 4 rings (SSSR count). The zero-order chi connectivity index (χ0) is 24.9. The summed E-state index contributed by atoms with van der Waals surface area (Å²) in [6.07, 6.45) is 2.53. The van der Waals surface area contributed by atoms with E-state index in [1.807, 2.05) is 49.4 Å². The van der Waals surface area contributed by atoms with Crippen molar-refractivity contribution < 1.29 is 19.0 Å². The second-order valence-corrected chi connectivity index (χ2v) is 9.28. The molecule has 1 aromatic heterocycles. The Kier molecular flexibility index (Phi) is 7.75. The second kappa shape index (κ2) is 10.9. The number of fused-ring (bicyclic) bond motifs is 3. The molecule has 2 heterocycles. The number of anilines is 1. The van der Waals surface area contributed by atoms with Crippen LogP contribution in [0.5, 0.6) is 11.5 Å². The average molecular weight is 496 g/mol. The lowest BCUT2D eigenvalue weighted by molar-refractivity contribution is -0.763. The number of H-pyrrole nitrogens is 1. The highest BCUT2D eigenvalue weighted by atomic mass is 32.2. The van der Waals surface area contributed by atoms with Gasteiger partial charge in [-0.05, 0) is 42.3 Å². The molecule has 9 heteroatoms. The van der Waals surface area contributed by atoms with Crippen molar-refractivity contribution in [2.75, 3.05) is 24.4 Å². The number of ether oxygens (including phenoxy) is 2. The largest absolute Gasteiger partial charge is 0.492 e. The fourth-order valence-electron chi connectivity index (χ4n) is 4.40. The molecule has 3 aromatic rings. The molecule has 0 saturated heterocycles. The number of carbonyl (C=O) groups is 1. The van der Waals surface area contributed by atoms with Crippen LogP contribution in [0.4, 0.5) is 5.69 Å². The van der Waals surface area contributed by atoms with Crippen LogP contribution >= 0.6 is 11.8 Å². The molecule has 1 atom stereocenters. The summed E-state index contributed by atoms with van der Waals surface area (Å²) in [5.74, 6) is 1.74. The van der Waals surface area contributed by atoms with Crippen molar-refractivity contribution in [2.45, 2.75) is 51.4 Å². The van der Waals surface area contributed by atoms with Gasteiger partial charge in [-0.3, -0.25) is 14.6 Å². The Morgan fingerprint density at radius 3 is 2.69 bits per heavy atom. The third kappa shape index (κ3) is 4.77. The first-order valence-electron chi connectivity index (χ1n) is 11.9. The predicted octanol–water partition coefficient (Wildman–Crippen LogP) is 4.33. The molecule has 0 fully saturated rings. The van der Waals surface area contributed by atoms with Gasteiger partial charge in [-0.15, -0.1) is 0 Å². The first kappa shape index (κ1) is 24.8. The maximum atomic E-state index is 13.4. The van der Waals surface area contributed by atoms with Crippen LogP contribution in [0.1, 0.15) is 51.8 Å². The zero-order valence-electron chi connectivity index (χ0n) is 20.5. The number of amides is 1. The number of hydrogen-bond acceptors (Lipinski definition) is 6. The first-order valence-corrected chi connectivity index (χ1v) is 12.9. The van der Waals surface area contributed by atoms with Gasteiger partial charge in [-0.1, -0.05) is 49.7 Å². The van der Waals surface area contributed by atoms with E-state index in [9.17, 15) is 9.59 Å². The van der Waals surface area contributed by atoms with Gasteiger partial charge in [-0.2, -0.15) is 0 Å². The Hall–Kier alpha value is -3.33. The summed E-state index contributed by atoms with van der Waals surface area (Å²) in [6, 6.07) is 13.0. The molecule has 2 aromatic carbocycles. The van der Waals surface area contributed by atoms with Crippen LogP contribution in [0.3, 0.4) is 0 Å². The van der Waals surface area contributed by atoms with Crippen molar-refractivity contribution >= 4 is 23.4 Å². The Morgan fingerprint density at radius 1 is 1.17 bits per heavy atom. The van der Waals surface area contributed by atoms with Crippen molar-refractivity contribution in [3.05, 3.63) is 58.4 Å². The van der Waals surface area contributed by atoms with Gasteiger partial charge < -0.3 is 9.47 Å². The lowest BCUT2D eigenvalue weighted by atomic mass is 10.0. The van der Waals surface area contributed by atoms with Crippen molar-refractivity contribution in [2.24, 2.45) is 0 Å². The summed E-state index contributed by atoms with van der Waals surface area (Å²) in [5, 5.41) is 5.36. The summed E-state index contributed by atoms with van der Waals surface area (Å²) in [4.78, 5) is 31.1. The standard InChI is InChI=1S/C26H30N4O4S/c1-5-7-10-16-35-26-27-24(32)22-18-12-8-9-14-20(18)29(17(3)31)25(30(22)28-26)19-13-11-15-21(34-6-2)23(19)33-4/h8-9,11-15,25H,5-7,10,16H2,1-4H3/p+1/t25-/m0/s1. The first-order chi connectivity index (χ1) is 17.0. The minimum atomic E-state index is -0.731. The van der Waals surface area contributed by atoms with Crippen LogP contribution in [0, 0.1) is 0 Å². The fraction of sp³-hybridized carbons (Fsp3) is 0.385. The number of aromatic amines is 1. The Morgan fingerprint density at radius 2 is 1.97 bits per heavy atom. The zero-order valence-corrected chi connectivity index (χ0v) is 21.4. The summed E-state index contributed by atoms with van der Waals surface area (Å²) in [5.41, 5.74) is 2.11. The van der Waals surface area contributed by atoms with E-state index in [-0.39, 0.29) is 11.5 Å². The Bertz CT molecular complexity index is 1280. The fourth-order valence-corrected chi connectivity index (χ4v) is 5.26. The van der Waals surface area contributed by atoms with Crippen molar-refractivity contribution in [1.29, 1.82) is 0 Å². The number of para-hydroxylation sites is 2. The molecule has 1 N–H and O–H groups in total. The van der Waals surface area contributed by atoms with E-state index in [0.717, 1.165) is 25.0 Å². The SMILES string of the molecule is CCCCCSc1n[n+]2c(c(=O)[nH]1)-c1ccccc1N(C(C)=O)[C@@H]2c1cccc(OCC)c1OC. The molecule has 35 heavy (non-hydrogen) atoms. The molecule has 1 amide bonds. The van der Waals surface area contributed by atoms with E-state index in [4.69, 9.17) is 14.6 Å². The normalized spacial score (nSPS) is 14.3. The monoisotopic (exact) mass is 495 g/mol. The minimum Gasteiger partial charge on any atom is -0.492 e. The molecular formula is C26H31N4O4S+. The Balaban J connectivity index is 1.96. The average Bonchev–Trinajstić information content (AvgIpc) is 2.85. The van der Waals surface area contributed by atoms with Crippen LogP contribution in [0.2, 0.25) is 0 Å². The number of methoxy groups -OCH3 is 1. The van der Waals surface area contributed by atoms with Crippen LogP contribution in [-0.2, 0) is 4.79 Å². The number of hydrogen-bond donors (Lipinski definition) is 1. The van der Waals surface area contributed by atoms with Crippen LogP contribution in [0.15, 0.2) is 52.4 Å². The van der Waals surface area contributed by atoms with E-state index >= 15 is 0 Å². The molecule has 8 nitrogen and oxygen atoms in total. The van der Waals surface area contributed by atoms with Gasteiger partial charge in [0.2, 0.25) is 11.1 Å². The molecule has 1 aliphatic rings. The van der Waals surface area contributed by atoms with Gasteiger partial charge in [0.05, 0.1) is 30.5 Å². The molecule has 184 valence electrons. The third-order valence-electron chi connectivity index (χ3n) is 5.88. The number of carbonyl (C=O) groups excluding carboxylic acids is 1. The highest BCUT2D eigenvalue weighted by Gasteiger charge is 2.46. The Labute approximate surface area is 209 Å². The van der Waals surface area contributed by atoms with Crippen LogP contribution in [0.25, 0.3) is 11.3 Å². The quantitative estimate of drug-likeness (QED) is 0.270. The molecule has 0 unspecified atom stereocenters. The number of nitrogens with one attached hydrogen (secondary N) is 1.